The third-order valence-electron chi connectivity index (χ3n) is 7.55. The molecule has 5 rings (SSSR count). The molecule has 3 fully saturated rings. The standard InChI is InChI=1S/C27H33F3N4O/c1-16(27(28,29)30)25-21-8-5-9-23(31-18-6-3-2-4-7-18)22(21)15-24(34-25)32-19-12-13-20(14-19)33-26(35)17-10-11-17/h5,8-9,15,17-20,31H,1-4,6-7,10-14H2,(H,32,34)(H,33,35)/t19-,20+/m1/s1. The van der Waals surface area contributed by atoms with Crippen LogP contribution in [0.4, 0.5) is 24.7 Å². The average Bonchev–Trinajstić information content (AvgIpc) is 3.60. The molecular formula is C27H33F3N4O. The zero-order valence-electron chi connectivity index (χ0n) is 19.9. The molecule has 1 amide bonds. The van der Waals surface area contributed by atoms with Gasteiger partial charge in [-0.2, -0.15) is 13.2 Å². The molecule has 3 aliphatic rings. The van der Waals surface area contributed by atoms with Gasteiger partial charge in [-0.05, 0) is 57.1 Å². The molecular weight excluding hydrogens is 453 g/mol. The number of allylic oxidation sites excluding steroid dienone is 1. The van der Waals surface area contributed by atoms with Crippen LogP contribution in [0.3, 0.4) is 0 Å². The molecule has 35 heavy (non-hydrogen) atoms. The first-order chi connectivity index (χ1) is 16.8. The lowest BCUT2D eigenvalue weighted by atomic mass is 9.94. The first kappa shape index (κ1) is 23.9. The minimum atomic E-state index is -4.57. The normalized spacial score (nSPS) is 23.3. The maximum Gasteiger partial charge on any atom is 0.417 e. The molecule has 0 unspecified atom stereocenters. The second-order valence-corrected chi connectivity index (χ2v) is 10.3. The van der Waals surface area contributed by atoms with E-state index in [0.717, 1.165) is 63.5 Å². The van der Waals surface area contributed by atoms with E-state index >= 15 is 0 Å². The largest absolute Gasteiger partial charge is 0.417 e. The fraction of sp³-hybridized carbons (Fsp3) is 0.556. The minimum Gasteiger partial charge on any atom is -0.382 e. The predicted octanol–water partition coefficient (Wildman–Crippen LogP) is 6.41. The number of carbonyl (C=O) groups excluding carboxylic acids is 1. The Balaban J connectivity index is 1.42. The summed E-state index contributed by atoms with van der Waals surface area (Å²) in [5.41, 5.74) is -0.250. The number of hydrogen-bond acceptors (Lipinski definition) is 4. The third-order valence-corrected chi connectivity index (χ3v) is 7.55. The van der Waals surface area contributed by atoms with Crippen molar-refractivity contribution in [1.29, 1.82) is 0 Å². The molecule has 5 nitrogen and oxygen atoms in total. The number of benzene rings is 1. The van der Waals surface area contributed by atoms with Gasteiger partial charge in [-0.25, -0.2) is 4.98 Å². The number of amides is 1. The Morgan fingerprint density at radius 1 is 0.914 bits per heavy atom. The molecule has 1 aromatic heterocycles. The highest BCUT2D eigenvalue weighted by molar-refractivity contribution is 6.01. The van der Waals surface area contributed by atoms with Crippen molar-refractivity contribution in [1.82, 2.24) is 10.3 Å². The van der Waals surface area contributed by atoms with Crippen LogP contribution < -0.4 is 16.0 Å². The number of nitrogens with zero attached hydrogens (tertiary/aromatic N) is 1. The maximum atomic E-state index is 13.7. The van der Waals surface area contributed by atoms with Gasteiger partial charge in [-0.15, -0.1) is 0 Å². The van der Waals surface area contributed by atoms with Gasteiger partial charge in [0.15, 0.2) is 0 Å². The summed E-state index contributed by atoms with van der Waals surface area (Å²) in [5, 5.41) is 11.2. The van der Waals surface area contributed by atoms with E-state index in [9.17, 15) is 18.0 Å². The van der Waals surface area contributed by atoms with Gasteiger partial charge < -0.3 is 16.0 Å². The zero-order chi connectivity index (χ0) is 24.6. The van der Waals surface area contributed by atoms with Crippen molar-refractivity contribution in [2.45, 2.75) is 88.5 Å². The van der Waals surface area contributed by atoms with Gasteiger partial charge in [0, 0.05) is 40.5 Å². The highest BCUT2D eigenvalue weighted by Crippen LogP contribution is 2.39. The predicted molar refractivity (Wildman–Crippen MR) is 133 cm³/mol. The van der Waals surface area contributed by atoms with Crippen LogP contribution in [0.15, 0.2) is 30.8 Å². The number of rotatable bonds is 7. The molecule has 0 bridgehead atoms. The fourth-order valence-electron chi connectivity index (χ4n) is 5.43. The van der Waals surface area contributed by atoms with E-state index in [1.807, 2.05) is 12.1 Å². The van der Waals surface area contributed by atoms with E-state index in [1.54, 1.807) is 12.1 Å². The maximum absolute atomic E-state index is 13.7. The van der Waals surface area contributed by atoms with Crippen molar-refractivity contribution in [2.75, 3.05) is 10.6 Å². The SMILES string of the molecule is C=C(c1nc(N[C@@H]2CC[C@H](NC(=O)C3CC3)C2)cc2c(NC3CCCCC3)cccc12)C(F)(F)F. The Labute approximate surface area is 204 Å². The van der Waals surface area contributed by atoms with Crippen molar-refractivity contribution in [3.63, 3.8) is 0 Å². The summed E-state index contributed by atoms with van der Waals surface area (Å²) in [6.45, 7) is 3.35. The van der Waals surface area contributed by atoms with Gasteiger partial charge in [0.1, 0.15) is 5.82 Å². The number of pyridine rings is 1. The fourth-order valence-corrected chi connectivity index (χ4v) is 5.43. The highest BCUT2D eigenvalue weighted by Gasteiger charge is 2.36. The number of carbonyl (C=O) groups is 1. The van der Waals surface area contributed by atoms with Gasteiger partial charge in [0.05, 0.1) is 11.3 Å². The van der Waals surface area contributed by atoms with Crippen LogP contribution >= 0.6 is 0 Å². The number of anilines is 2. The van der Waals surface area contributed by atoms with E-state index in [1.165, 1.54) is 6.42 Å². The van der Waals surface area contributed by atoms with Gasteiger partial charge in [-0.1, -0.05) is 38.0 Å². The van der Waals surface area contributed by atoms with Crippen molar-refractivity contribution in [3.05, 3.63) is 36.5 Å². The zero-order valence-corrected chi connectivity index (χ0v) is 19.9. The highest BCUT2D eigenvalue weighted by atomic mass is 19.4. The first-order valence-electron chi connectivity index (χ1n) is 12.8. The summed E-state index contributed by atoms with van der Waals surface area (Å²) in [7, 11) is 0. The quantitative estimate of drug-likeness (QED) is 0.423. The number of halogens is 3. The van der Waals surface area contributed by atoms with Crippen LogP contribution in [0.25, 0.3) is 16.3 Å². The Bertz CT molecular complexity index is 1110. The minimum absolute atomic E-state index is 0.0370. The van der Waals surface area contributed by atoms with E-state index in [-0.39, 0.29) is 29.6 Å². The van der Waals surface area contributed by atoms with Crippen molar-refractivity contribution in [2.24, 2.45) is 5.92 Å². The number of fused-ring (bicyclic) bond motifs is 1. The summed E-state index contributed by atoms with van der Waals surface area (Å²) in [5.74, 6) is 0.701. The summed E-state index contributed by atoms with van der Waals surface area (Å²) in [6.07, 6.45) is 5.43. The van der Waals surface area contributed by atoms with Crippen molar-refractivity contribution >= 4 is 33.8 Å². The molecule has 3 saturated carbocycles. The second kappa shape index (κ2) is 9.70. The Hall–Kier alpha value is -2.77. The monoisotopic (exact) mass is 486 g/mol. The lowest BCUT2D eigenvalue weighted by Crippen LogP contribution is -2.34. The van der Waals surface area contributed by atoms with Crippen LogP contribution in [0.5, 0.6) is 0 Å². The Morgan fingerprint density at radius 3 is 2.37 bits per heavy atom. The van der Waals surface area contributed by atoms with Crippen LogP contribution in [-0.2, 0) is 4.79 Å². The van der Waals surface area contributed by atoms with Crippen LogP contribution in [0, 0.1) is 5.92 Å². The third kappa shape index (κ3) is 5.57. The smallest absolute Gasteiger partial charge is 0.382 e. The van der Waals surface area contributed by atoms with Crippen molar-refractivity contribution < 1.29 is 18.0 Å². The van der Waals surface area contributed by atoms with E-state index in [0.29, 0.717) is 22.6 Å². The lowest BCUT2D eigenvalue weighted by Gasteiger charge is -2.25. The van der Waals surface area contributed by atoms with Crippen LogP contribution in [0.1, 0.15) is 69.9 Å². The van der Waals surface area contributed by atoms with Gasteiger partial charge in [0.2, 0.25) is 5.91 Å². The van der Waals surface area contributed by atoms with Gasteiger partial charge >= 0.3 is 6.18 Å². The van der Waals surface area contributed by atoms with Crippen LogP contribution in [-0.4, -0.2) is 35.2 Å². The molecule has 3 N–H and O–H groups in total. The Morgan fingerprint density at radius 2 is 1.66 bits per heavy atom. The Kier molecular flexibility index (Phi) is 6.64. The topological polar surface area (TPSA) is 66.0 Å². The van der Waals surface area contributed by atoms with Gasteiger partial charge in [0.25, 0.3) is 0 Å². The lowest BCUT2D eigenvalue weighted by molar-refractivity contribution is -0.122. The van der Waals surface area contributed by atoms with E-state index < -0.39 is 11.7 Å². The molecule has 8 heteroatoms. The number of hydrogen-bond donors (Lipinski definition) is 3. The first-order valence-corrected chi connectivity index (χ1v) is 12.8. The molecule has 2 atom stereocenters. The molecule has 188 valence electrons. The second-order valence-electron chi connectivity index (χ2n) is 10.3. The molecule has 1 heterocycles. The number of alkyl halides is 3. The molecule has 2 aromatic rings. The van der Waals surface area contributed by atoms with Crippen LogP contribution in [0.2, 0.25) is 0 Å². The van der Waals surface area contributed by atoms with E-state index in [4.69, 9.17) is 0 Å². The molecule has 0 saturated heterocycles. The molecule has 3 aliphatic carbocycles. The molecule has 1 aromatic carbocycles. The molecule has 0 spiro atoms. The molecule has 0 aliphatic heterocycles. The van der Waals surface area contributed by atoms with Gasteiger partial charge in [-0.3, -0.25) is 4.79 Å². The average molecular weight is 487 g/mol. The summed E-state index contributed by atoms with van der Waals surface area (Å²) >= 11 is 0. The summed E-state index contributed by atoms with van der Waals surface area (Å²) in [4.78, 5) is 16.5. The van der Waals surface area contributed by atoms with E-state index in [2.05, 4.69) is 27.5 Å². The van der Waals surface area contributed by atoms with Crippen molar-refractivity contribution in [3.8, 4) is 0 Å². The number of nitrogens with one attached hydrogen (secondary N) is 3. The summed E-state index contributed by atoms with van der Waals surface area (Å²) in [6, 6.07) is 7.69. The number of aromatic nitrogens is 1. The molecule has 0 radical (unpaired) electrons. The summed E-state index contributed by atoms with van der Waals surface area (Å²) < 4.78 is 41.1.